The minimum absolute atomic E-state index is 0.0342. The number of nitrogens with one attached hydrogen (secondary N) is 1. The maximum absolute atomic E-state index is 11.4. The Morgan fingerprint density at radius 1 is 1.53 bits per heavy atom. The molecule has 2 heterocycles. The standard InChI is InChI=1S/C9H10N4O5S/c1-4(19(2,16)17)7-12-8(18-13-7)5-6(9(14)15)11-3-10-5/h3-4H,1-2H3,(H,10,11)(H,14,15). The second kappa shape index (κ2) is 4.46. The molecule has 2 rings (SSSR count). The van der Waals surface area contributed by atoms with Gasteiger partial charge in [-0.25, -0.2) is 18.2 Å². The van der Waals surface area contributed by atoms with Crippen molar-refractivity contribution in [2.75, 3.05) is 6.26 Å². The first-order valence-electron chi connectivity index (χ1n) is 5.10. The topological polar surface area (TPSA) is 139 Å². The van der Waals surface area contributed by atoms with Gasteiger partial charge in [0.15, 0.2) is 21.4 Å². The Balaban J connectivity index is 2.42. The lowest BCUT2D eigenvalue weighted by Crippen LogP contribution is -2.09. The predicted octanol–water partition coefficient (Wildman–Crippen LogP) is 0.264. The smallest absolute Gasteiger partial charge is 0.356 e. The summed E-state index contributed by atoms with van der Waals surface area (Å²) in [7, 11) is -3.36. The van der Waals surface area contributed by atoms with Gasteiger partial charge in [-0.3, -0.25) is 0 Å². The SMILES string of the molecule is CC(c1noc(-c2[nH]cnc2C(=O)O)n1)S(C)(=O)=O. The summed E-state index contributed by atoms with van der Waals surface area (Å²) in [5, 5.41) is 11.5. The van der Waals surface area contributed by atoms with Gasteiger partial charge in [-0.05, 0) is 6.92 Å². The van der Waals surface area contributed by atoms with Crippen molar-refractivity contribution in [3.63, 3.8) is 0 Å². The number of H-pyrrole nitrogens is 1. The van der Waals surface area contributed by atoms with E-state index in [0.717, 1.165) is 6.26 Å². The molecule has 0 bridgehead atoms. The molecule has 9 nitrogen and oxygen atoms in total. The maximum Gasteiger partial charge on any atom is 0.356 e. The minimum Gasteiger partial charge on any atom is -0.476 e. The molecule has 0 fully saturated rings. The van der Waals surface area contributed by atoms with Gasteiger partial charge in [-0.2, -0.15) is 4.98 Å². The second-order valence-electron chi connectivity index (χ2n) is 3.86. The molecule has 0 spiro atoms. The van der Waals surface area contributed by atoms with Crippen LogP contribution in [0, 0.1) is 0 Å². The monoisotopic (exact) mass is 286 g/mol. The average Bonchev–Trinajstić information content (AvgIpc) is 2.95. The van der Waals surface area contributed by atoms with Crippen LogP contribution >= 0.6 is 0 Å². The van der Waals surface area contributed by atoms with E-state index in [1.807, 2.05) is 0 Å². The summed E-state index contributed by atoms with van der Waals surface area (Å²) in [4.78, 5) is 20.9. The zero-order chi connectivity index (χ0) is 14.2. The van der Waals surface area contributed by atoms with Gasteiger partial charge in [0.25, 0.3) is 5.89 Å². The minimum atomic E-state index is -3.36. The number of imidazole rings is 1. The zero-order valence-electron chi connectivity index (χ0n) is 9.98. The number of aromatic nitrogens is 4. The fraction of sp³-hybridized carbons (Fsp3) is 0.333. The number of hydrogen-bond acceptors (Lipinski definition) is 7. The highest BCUT2D eigenvalue weighted by molar-refractivity contribution is 7.90. The van der Waals surface area contributed by atoms with Crippen LogP contribution in [0.2, 0.25) is 0 Å². The van der Waals surface area contributed by atoms with Crippen molar-refractivity contribution < 1.29 is 22.8 Å². The van der Waals surface area contributed by atoms with Crippen molar-refractivity contribution in [3.05, 3.63) is 17.8 Å². The number of carbonyl (C=O) groups is 1. The Kier molecular flexibility index (Phi) is 3.10. The lowest BCUT2D eigenvalue weighted by Gasteiger charge is -2.01. The zero-order valence-corrected chi connectivity index (χ0v) is 10.8. The van der Waals surface area contributed by atoms with Crippen molar-refractivity contribution >= 4 is 15.8 Å². The van der Waals surface area contributed by atoms with Crippen LogP contribution in [0.1, 0.15) is 28.5 Å². The molecule has 0 radical (unpaired) electrons. The summed E-state index contributed by atoms with van der Waals surface area (Å²) in [6.45, 7) is 1.41. The molecule has 1 atom stereocenters. The van der Waals surface area contributed by atoms with Gasteiger partial charge < -0.3 is 14.6 Å². The largest absolute Gasteiger partial charge is 0.476 e. The molecule has 19 heavy (non-hydrogen) atoms. The molecule has 0 saturated heterocycles. The fourth-order valence-electron chi connectivity index (χ4n) is 1.31. The molecule has 10 heteroatoms. The van der Waals surface area contributed by atoms with Gasteiger partial charge in [0.05, 0.1) is 6.33 Å². The van der Waals surface area contributed by atoms with Crippen molar-refractivity contribution in [1.82, 2.24) is 20.1 Å². The lowest BCUT2D eigenvalue weighted by molar-refractivity contribution is 0.0691. The van der Waals surface area contributed by atoms with Crippen molar-refractivity contribution in [3.8, 4) is 11.6 Å². The van der Waals surface area contributed by atoms with Crippen LogP contribution in [0.15, 0.2) is 10.9 Å². The molecule has 0 aliphatic carbocycles. The molecule has 0 aliphatic heterocycles. The van der Waals surface area contributed by atoms with Gasteiger partial charge in [0, 0.05) is 6.26 Å². The molecule has 0 saturated carbocycles. The Labute approximate surface area is 107 Å². The van der Waals surface area contributed by atoms with Gasteiger partial charge in [0.2, 0.25) is 0 Å². The van der Waals surface area contributed by atoms with E-state index in [-0.39, 0.29) is 23.1 Å². The molecule has 2 aromatic heterocycles. The van der Waals surface area contributed by atoms with E-state index in [4.69, 9.17) is 9.63 Å². The summed E-state index contributed by atoms with van der Waals surface area (Å²) >= 11 is 0. The van der Waals surface area contributed by atoms with Crippen LogP contribution in [0.4, 0.5) is 0 Å². The third kappa shape index (κ3) is 2.47. The van der Waals surface area contributed by atoms with E-state index in [9.17, 15) is 13.2 Å². The molecule has 0 amide bonds. The van der Waals surface area contributed by atoms with Gasteiger partial charge >= 0.3 is 5.97 Å². The van der Waals surface area contributed by atoms with E-state index in [0.29, 0.717) is 0 Å². The number of sulfone groups is 1. The van der Waals surface area contributed by atoms with E-state index >= 15 is 0 Å². The van der Waals surface area contributed by atoms with E-state index < -0.39 is 21.1 Å². The number of aromatic carboxylic acids is 1. The van der Waals surface area contributed by atoms with Crippen LogP contribution in [0.5, 0.6) is 0 Å². The van der Waals surface area contributed by atoms with Gasteiger partial charge in [-0.15, -0.1) is 0 Å². The Morgan fingerprint density at radius 2 is 2.21 bits per heavy atom. The number of hydrogen-bond donors (Lipinski definition) is 2. The number of aromatic amines is 1. The fourth-order valence-corrected chi connectivity index (χ4v) is 1.79. The third-order valence-corrected chi connectivity index (χ3v) is 4.00. The summed E-state index contributed by atoms with van der Waals surface area (Å²) in [5.74, 6) is -1.42. The van der Waals surface area contributed by atoms with Crippen LogP contribution < -0.4 is 0 Å². The first-order chi connectivity index (χ1) is 8.80. The van der Waals surface area contributed by atoms with Crippen LogP contribution in [0.25, 0.3) is 11.6 Å². The summed E-state index contributed by atoms with van der Waals surface area (Å²) < 4.78 is 27.6. The van der Waals surface area contributed by atoms with Crippen molar-refractivity contribution in [1.29, 1.82) is 0 Å². The van der Waals surface area contributed by atoms with Gasteiger partial charge in [-0.1, -0.05) is 5.16 Å². The van der Waals surface area contributed by atoms with E-state index in [1.54, 1.807) is 0 Å². The molecule has 1 unspecified atom stereocenters. The summed E-state index contributed by atoms with van der Waals surface area (Å²) in [6.07, 6.45) is 2.22. The Hall–Kier alpha value is -2.23. The van der Waals surface area contributed by atoms with Gasteiger partial charge in [0.1, 0.15) is 10.9 Å². The molecule has 102 valence electrons. The van der Waals surface area contributed by atoms with Crippen molar-refractivity contribution in [2.24, 2.45) is 0 Å². The second-order valence-corrected chi connectivity index (χ2v) is 6.23. The number of carboxylic acids is 1. The summed E-state index contributed by atoms with van der Waals surface area (Å²) in [6, 6.07) is 0. The quantitative estimate of drug-likeness (QED) is 0.815. The van der Waals surface area contributed by atoms with Crippen LogP contribution in [-0.4, -0.2) is 45.9 Å². The number of rotatable bonds is 4. The molecule has 0 aromatic carbocycles. The average molecular weight is 286 g/mol. The maximum atomic E-state index is 11.4. The lowest BCUT2D eigenvalue weighted by atomic mass is 10.3. The first-order valence-corrected chi connectivity index (χ1v) is 7.05. The highest BCUT2D eigenvalue weighted by Crippen LogP contribution is 2.23. The number of carboxylic acid groups (broad SMARTS) is 1. The Bertz CT molecular complexity index is 717. The first kappa shape index (κ1) is 13.2. The van der Waals surface area contributed by atoms with Crippen LogP contribution in [-0.2, 0) is 9.84 Å². The Morgan fingerprint density at radius 3 is 2.79 bits per heavy atom. The third-order valence-electron chi connectivity index (χ3n) is 2.50. The molecule has 2 N–H and O–H groups in total. The molecule has 0 aliphatic rings. The van der Waals surface area contributed by atoms with Crippen LogP contribution in [0.3, 0.4) is 0 Å². The number of nitrogens with zero attached hydrogens (tertiary/aromatic N) is 3. The molecular weight excluding hydrogens is 276 g/mol. The van der Waals surface area contributed by atoms with Crippen molar-refractivity contribution in [2.45, 2.75) is 12.2 Å². The predicted molar refractivity (Wildman–Crippen MR) is 62.1 cm³/mol. The highest BCUT2D eigenvalue weighted by atomic mass is 32.2. The molecule has 2 aromatic rings. The normalized spacial score (nSPS) is 13.4. The highest BCUT2D eigenvalue weighted by Gasteiger charge is 2.26. The van der Waals surface area contributed by atoms with E-state index in [2.05, 4.69) is 20.1 Å². The summed E-state index contributed by atoms with van der Waals surface area (Å²) in [5.41, 5.74) is -0.242. The van der Waals surface area contributed by atoms with E-state index in [1.165, 1.54) is 13.3 Å². The molecular formula is C9H10N4O5S.